The Balaban J connectivity index is 2.07. The highest BCUT2D eigenvalue weighted by molar-refractivity contribution is 7.17. The van der Waals surface area contributed by atoms with Crippen molar-refractivity contribution in [2.24, 2.45) is 0 Å². The van der Waals surface area contributed by atoms with Crippen molar-refractivity contribution in [3.63, 3.8) is 0 Å². The number of carboxylic acid groups (broad SMARTS) is 1. The van der Waals surface area contributed by atoms with E-state index in [4.69, 9.17) is 5.11 Å². The molecule has 0 aliphatic heterocycles. The first-order valence-corrected chi connectivity index (χ1v) is 6.21. The second kappa shape index (κ2) is 5.09. The molecule has 90 valence electrons. The van der Waals surface area contributed by atoms with E-state index in [2.05, 4.69) is 15.3 Å². The summed E-state index contributed by atoms with van der Waals surface area (Å²) in [6, 6.07) is 2.01. The van der Waals surface area contributed by atoms with Gasteiger partial charge in [-0.2, -0.15) is 0 Å². The maximum atomic E-state index is 10.5. The molecule has 1 unspecified atom stereocenters. The van der Waals surface area contributed by atoms with Gasteiger partial charge in [-0.15, -0.1) is 11.3 Å². The number of aromatic nitrogens is 2. The highest BCUT2D eigenvalue weighted by Gasteiger charge is 2.09. The minimum Gasteiger partial charge on any atom is -0.481 e. The molecule has 0 saturated carbocycles. The number of anilines is 1. The van der Waals surface area contributed by atoms with Crippen LogP contribution < -0.4 is 5.32 Å². The fraction of sp³-hybridized carbons (Fsp3) is 0.364. The Hall–Kier alpha value is -1.69. The number of hydrogen-bond acceptors (Lipinski definition) is 5. The summed E-state index contributed by atoms with van der Waals surface area (Å²) < 4.78 is 1.01. The van der Waals surface area contributed by atoms with Gasteiger partial charge in [0.1, 0.15) is 12.1 Å². The first-order valence-electron chi connectivity index (χ1n) is 5.33. The smallest absolute Gasteiger partial charge is 0.303 e. The van der Waals surface area contributed by atoms with Crippen molar-refractivity contribution in [1.82, 2.24) is 9.97 Å². The molecule has 1 atom stereocenters. The van der Waals surface area contributed by atoms with Crippen LogP contribution in [0.5, 0.6) is 0 Å². The Morgan fingerprint density at radius 1 is 1.59 bits per heavy atom. The molecule has 0 aliphatic carbocycles. The van der Waals surface area contributed by atoms with E-state index in [1.165, 1.54) is 6.33 Å². The number of nitrogens with zero attached hydrogens (tertiary/aromatic N) is 2. The number of hydrogen-bond donors (Lipinski definition) is 2. The topological polar surface area (TPSA) is 75.1 Å². The SMILES string of the molecule is CC(CCC(=O)O)Nc1ncnc2ccsc12. The molecular formula is C11H13N3O2S. The standard InChI is InChI=1S/C11H13N3O2S/c1-7(2-3-9(15)16)14-11-10-8(4-5-17-10)12-6-13-11/h4-7H,2-3H2,1H3,(H,15,16)(H,12,13,14). The molecule has 6 heteroatoms. The Kier molecular flexibility index (Phi) is 3.53. The van der Waals surface area contributed by atoms with Gasteiger partial charge in [0.05, 0.1) is 10.2 Å². The van der Waals surface area contributed by atoms with E-state index >= 15 is 0 Å². The normalized spacial score (nSPS) is 12.5. The largest absolute Gasteiger partial charge is 0.481 e. The number of thiophene rings is 1. The Morgan fingerprint density at radius 3 is 3.18 bits per heavy atom. The van der Waals surface area contributed by atoms with E-state index in [-0.39, 0.29) is 12.5 Å². The molecule has 5 nitrogen and oxygen atoms in total. The summed E-state index contributed by atoms with van der Waals surface area (Å²) in [6.07, 6.45) is 2.25. The van der Waals surface area contributed by atoms with E-state index < -0.39 is 5.97 Å². The fourth-order valence-electron chi connectivity index (χ4n) is 1.54. The van der Waals surface area contributed by atoms with Crippen molar-refractivity contribution < 1.29 is 9.90 Å². The van der Waals surface area contributed by atoms with Crippen LogP contribution >= 0.6 is 11.3 Å². The van der Waals surface area contributed by atoms with Crippen molar-refractivity contribution in [2.45, 2.75) is 25.8 Å². The molecule has 2 aromatic heterocycles. The molecule has 0 fully saturated rings. The van der Waals surface area contributed by atoms with E-state index in [1.807, 2.05) is 18.4 Å². The lowest BCUT2D eigenvalue weighted by molar-refractivity contribution is -0.137. The molecule has 17 heavy (non-hydrogen) atoms. The van der Waals surface area contributed by atoms with E-state index in [1.54, 1.807) is 11.3 Å². The third-order valence-electron chi connectivity index (χ3n) is 2.42. The zero-order valence-electron chi connectivity index (χ0n) is 9.38. The van der Waals surface area contributed by atoms with Crippen LogP contribution in [0.2, 0.25) is 0 Å². The lowest BCUT2D eigenvalue weighted by Crippen LogP contribution is -2.17. The molecule has 0 spiro atoms. The quantitative estimate of drug-likeness (QED) is 0.853. The first-order chi connectivity index (χ1) is 8.16. The van der Waals surface area contributed by atoms with Crippen LogP contribution in [-0.2, 0) is 4.79 Å². The predicted octanol–water partition coefficient (Wildman–Crippen LogP) is 2.36. The van der Waals surface area contributed by atoms with Crippen LogP contribution in [0.1, 0.15) is 19.8 Å². The molecule has 2 N–H and O–H groups in total. The van der Waals surface area contributed by atoms with Crippen LogP contribution in [0.3, 0.4) is 0 Å². The van der Waals surface area contributed by atoms with Gasteiger partial charge in [-0.05, 0) is 24.8 Å². The van der Waals surface area contributed by atoms with E-state index in [0.717, 1.165) is 16.0 Å². The summed E-state index contributed by atoms with van der Waals surface area (Å²) >= 11 is 1.58. The fourth-order valence-corrected chi connectivity index (χ4v) is 2.33. The number of carbonyl (C=O) groups is 1. The Bertz CT molecular complexity index is 526. The maximum Gasteiger partial charge on any atom is 0.303 e. The summed E-state index contributed by atoms with van der Waals surface area (Å²) in [5, 5.41) is 13.8. The van der Waals surface area contributed by atoms with Crippen molar-refractivity contribution >= 4 is 33.3 Å². The van der Waals surface area contributed by atoms with Gasteiger partial charge in [0.15, 0.2) is 0 Å². The van der Waals surface area contributed by atoms with Gasteiger partial charge < -0.3 is 10.4 Å². The molecule has 0 saturated heterocycles. The summed E-state index contributed by atoms with van der Waals surface area (Å²) in [5.74, 6) is 0.00509. The lowest BCUT2D eigenvalue weighted by Gasteiger charge is -2.13. The van der Waals surface area contributed by atoms with E-state index in [9.17, 15) is 4.79 Å². The highest BCUT2D eigenvalue weighted by atomic mass is 32.1. The highest BCUT2D eigenvalue weighted by Crippen LogP contribution is 2.25. The third-order valence-corrected chi connectivity index (χ3v) is 3.33. The molecule has 2 rings (SSSR count). The van der Waals surface area contributed by atoms with Crippen LogP contribution in [0.25, 0.3) is 10.2 Å². The second-order valence-corrected chi connectivity index (χ2v) is 4.75. The third kappa shape index (κ3) is 2.91. The van der Waals surface area contributed by atoms with Crippen LogP contribution in [0, 0.1) is 0 Å². The summed E-state index contributed by atoms with van der Waals surface area (Å²) in [4.78, 5) is 18.8. The number of fused-ring (bicyclic) bond motifs is 1. The molecule has 2 aromatic rings. The van der Waals surface area contributed by atoms with Crippen LogP contribution in [0.15, 0.2) is 17.8 Å². The number of nitrogens with one attached hydrogen (secondary N) is 1. The van der Waals surface area contributed by atoms with E-state index in [0.29, 0.717) is 6.42 Å². The Morgan fingerprint density at radius 2 is 2.41 bits per heavy atom. The number of carboxylic acids is 1. The van der Waals surface area contributed by atoms with Gasteiger partial charge in [0.2, 0.25) is 0 Å². The zero-order valence-corrected chi connectivity index (χ0v) is 10.2. The number of rotatable bonds is 5. The zero-order chi connectivity index (χ0) is 12.3. The molecular weight excluding hydrogens is 238 g/mol. The van der Waals surface area contributed by atoms with Crippen molar-refractivity contribution in [2.75, 3.05) is 5.32 Å². The maximum absolute atomic E-state index is 10.5. The Labute approximate surface area is 103 Å². The van der Waals surface area contributed by atoms with Gasteiger partial charge in [0, 0.05) is 12.5 Å². The molecule has 0 aliphatic rings. The van der Waals surface area contributed by atoms with Crippen molar-refractivity contribution in [1.29, 1.82) is 0 Å². The summed E-state index contributed by atoms with van der Waals surface area (Å²) in [6.45, 7) is 1.95. The second-order valence-electron chi connectivity index (χ2n) is 3.84. The van der Waals surface area contributed by atoms with Crippen molar-refractivity contribution in [3.8, 4) is 0 Å². The van der Waals surface area contributed by atoms with Crippen molar-refractivity contribution in [3.05, 3.63) is 17.8 Å². The molecule has 0 bridgehead atoms. The summed E-state index contributed by atoms with van der Waals surface area (Å²) in [7, 11) is 0. The van der Waals surface area contributed by atoms with Crippen LogP contribution in [0.4, 0.5) is 5.82 Å². The summed E-state index contributed by atoms with van der Waals surface area (Å²) in [5.41, 5.74) is 0.915. The number of aliphatic carboxylic acids is 1. The van der Waals surface area contributed by atoms with Gasteiger partial charge in [-0.25, -0.2) is 9.97 Å². The average Bonchev–Trinajstić information content (AvgIpc) is 2.75. The molecule has 0 amide bonds. The first kappa shape index (κ1) is 11.8. The monoisotopic (exact) mass is 251 g/mol. The van der Waals surface area contributed by atoms with Gasteiger partial charge in [0.25, 0.3) is 0 Å². The molecule has 2 heterocycles. The molecule has 0 radical (unpaired) electrons. The lowest BCUT2D eigenvalue weighted by atomic mass is 10.2. The molecule has 0 aromatic carbocycles. The predicted molar refractivity (Wildman–Crippen MR) is 67.4 cm³/mol. The van der Waals surface area contributed by atoms with Gasteiger partial charge in [-0.3, -0.25) is 4.79 Å². The van der Waals surface area contributed by atoms with Crippen LogP contribution in [-0.4, -0.2) is 27.1 Å². The van der Waals surface area contributed by atoms with Gasteiger partial charge in [-0.1, -0.05) is 0 Å². The average molecular weight is 251 g/mol. The van der Waals surface area contributed by atoms with Gasteiger partial charge >= 0.3 is 5.97 Å². The minimum atomic E-state index is -0.775. The minimum absolute atomic E-state index is 0.0753.